The number of thiophene rings is 1. The van der Waals surface area contributed by atoms with Gasteiger partial charge in [0.25, 0.3) is 5.91 Å². The summed E-state index contributed by atoms with van der Waals surface area (Å²) in [6.07, 6.45) is 0. The summed E-state index contributed by atoms with van der Waals surface area (Å²) >= 11 is 1.51. The third-order valence-electron chi connectivity index (χ3n) is 3.20. The van der Waals surface area contributed by atoms with Crippen molar-refractivity contribution in [2.45, 2.75) is 13.5 Å². The standard InChI is InChI=1S/C16H13F2N3O2S/c1-9-4-5-13(23-16(17)18)10(7-9)19-15(22)12-8-11(20-21-12)14-3-2-6-24-14/h2-8,16H,1H3,(H,19,22)(H,20,21). The lowest BCUT2D eigenvalue weighted by Crippen LogP contribution is -2.14. The lowest BCUT2D eigenvalue weighted by Gasteiger charge is -2.12. The first kappa shape index (κ1) is 16.1. The molecule has 0 saturated heterocycles. The van der Waals surface area contributed by atoms with Gasteiger partial charge in [0.05, 0.1) is 16.3 Å². The van der Waals surface area contributed by atoms with Crippen LogP contribution in [0.2, 0.25) is 0 Å². The highest BCUT2D eigenvalue weighted by atomic mass is 32.1. The number of halogens is 2. The topological polar surface area (TPSA) is 67.0 Å². The van der Waals surface area contributed by atoms with E-state index in [1.807, 2.05) is 17.5 Å². The van der Waals surface area contributed by atoms with Crippen LogP contribution in [0.3, 0.4) is 0 Å². The Labute approximate surface area is 140 Å². The molecule has 0 spiro atoms. The van der Waals surface area contributed by atoms with E-state index in [1.165, 1.54) is 17.4 Å². The smallest absolute Gasteiger partial charge is 0.387 e. The molecular formula is C16H13F2N3O2S. The molecule has 0 bridgehead atoms. The van der Waals surface area contributed by atoms with Gasteiger partial charge in [-0.2, -0.15) is 13.9 Å². The minimum Gasteiger partial charge on any atom is -0.433 e. The van der Waals surface area contributed by atoms with Crippen molar-refractivity contribution in [1.29, 1.82) is 0 Å². The maximum absolute atomic E-state index is 12.5. The number of amides is 1. The summed E-state index contributed by atoms with van der Waals surface area (Å²) in [5.41, 5.74) is 1.83. The van der Waals surface area contributed by atoms with Gasteiger partial charge in [-0.3, -0.25) is 9.89 Å². The van der Waals surface area contributed by atoms with E-state index in [1.54, 1.807) is 25.1 Å². The average Bonchev–Trinajstić information content (AvgIpc) is 3.19. The van der Waals surface area contributed by atoms with Crippen LogP contribution in [0.1, 0.15) is 16.1 Å². The van der Waals surface area contributed by atoms with Crippen molar-refractivity contribution in [2.75, 3.05) is 5.32 Å². The zero-order valence-electron chi connectivity index (χ0n) is 12.5. The van der Waals surface area contributed by atoms with E-state index in [0.717, 1.165) is 10.4 Å². The molecule has 24 heavy (non-hydrogen) atoms. The molecule has 1 aromatic carbocycles. The molecule has 2 aromatic heterocycles. The molecule has 5 nitrogen and oxygen atoms in total. The molecule has 0 unspecified atom stereocenters. The van der Waals surface area contributed by atoms with Crippen molar-refractivity contribution in [3.8, 4) is 16.3 Å². The minimum atomic E-state index is -2.97. The molecule has 3 rings (SSSR count). The summed E-state index contributed by atoms with van der Waals surface area (Å²) in [7, 11) is 0. The molecule has 3 aromatic rings. The lowest BCUT2D eigenvalue weighted by molar-refractivity contribution is -0.0493. The number of nitrogens with zero attached hydrogens (tertiary/aromatic N) is 1. The molecule has 124 valence electrons. The van der Waals surface area contributed by atoms with Crippen molar-refractivity contribution in [2.24, 2.45) is 0 Å². The minimum absolute atomic E-state index is 0.0991. The predicted molar refractivity (Wildman–Crippen MR) is 87.7 cm³/mol. The van der Waals surface area contributed by atoms with E-state index in [-0.39, 0.29) is 17.1 Å². The van der Waals surface area contributed by atoms with Gasteiger partial charge in [-0.25, -0.2) is 0 Å². The summed E-state index contributed by atoms with van der Waals surface area (Å²) in [6.45, 7) is -1.19. The average molecular weight is 349 g/mol. The van der Waals surface area contributed by atoms with Gasteiger partial charge in [0.1, 0.15) is 5.75 Å². The Morgan fingerprint density at radius 1 is 1.33 bits per heavy atom. The normalized spacial score (nSPS) is 10.8. The number of benzene rings is 1. The first-order chi connectivity index (χ1) is 11.5. The summed E-state index contributed by atoms with van der Waals surface area (Å²) in [6, 6.07) is 9.96. The van der Waals surface area contributed by atoms with Crippen molar-refractivity contribution in [1.82, 2.24) is 10.2 Å². The molecule has 0 aliphatic heterocycles. The number of aromatic nitrogens is 2. The Bertz CT molecular complexity index is 847. The number of alkyl halides is 2. The van der Waals surface area contributed by atoms with E-state index in [9.17, 15) is 13.6 Å². The van der Waals surface area contributed by atoms with Crippen LogP contribution in [0.4, 0.5) is 14.5 Å². The van der Waals surface area contributed by atoms with Crippen molar-refractivity contribution < 1.29 is 18.3 Å². The van der Waals surface area contributed by atoms with E-state index in [2.05, 4.69) is 20.3 Å². The number of hydrogen-bond acceptors (Lipinski definition) is 4. The van der Waals surface area contributed by atoms with Crippen LogP contribution < -0.4 is 10.1 Å². The van der Waals surface area contributed by atoms with Gasteiger partial charge in [-0.1, -0.05) is 12.1 Å². The van der Waals surface area contributed by atoms with Gasteiger partial charge in [0, 0.05) is 0 Å². The molecule has 0 fully saturated rings. The molecule has 8 heteroatoms. The molecule has 2 heterocycles. The molecular weight excluding hydrogens is 336 g/mol. The van der Waals surface area contributed by atoms with Crippen molar-refractivity contribution >= 4 is 22.9 Å². The quantitative estimate of drug-likeness (QED) is 0.722. The zero-order chi connectivity index (χ0) is 17.1. The van der Waals surface area contributed by atoms with Crippen LogP contribution in [-0.2, 0) is 0 Å². The first-order valence-corrected chi connectivity index (χ1v) is 7.87. The third kappa shape index (κ3) is 3.60. The molecule has 2 N–H and O–H groups in total. The van der Waals surface area contributed by atoms with Gasteiger partial charge >= 0.3 is 6.61 Å². The van der Waals surface area contributed by atoms with Crippen LogP contribution >= 0.6 is 11.3 Å². The number of hydrogen-bond donors (Lipinski definition) is 2. The fraction of sp³-hybridized carbons (Fsp3) is 0.125. The highest BCUT2D eigenvalue weighted by molar-refractivity contribution is 7.13. The number of H-pyrrole nitrogens is 1. The molecule has 0 radical (unpaired) electrons. The van der Waals surface area contributed by atoms with Crippen LogP contribution in [0.5, 0.6) is 5.75 Å². The number of carbonyl (C=O) groups is 1. The lowest BCUT2D eigenvalue weighted by atomic mass is 10.2. The van der Waals surface area contributed by atoms with Gasteiger partial charge < -0.3 is 10.1 Å². The Morgan fingerprint density at radius 3 is 2.88 bits per heavy atom. The number of anilines is 1. The fourth-order valence-corrected chi connectivity index (χ4v) is 2.82. The van der Waals surface area contributed by atoms with Crippen LogP contribution in [0.15, 0.2) is 41.8 Å². The Kier molecular flexibility index (Phi) is 4.57. The van der Waals surface area contributed by atoms with E-state index >= 15 is 0 Å². The Balaban J connectivity index is 1.81. The van der Waals surface area contributed by atoms with Gasteiger partial charge in [0.2, 0.25) is 0 Å². The summed E-state index contributed by atoms with van der Waals surface area (Å²) in [4.78, 5) is 13.3. The van der Waals surface area contributed by atoms with E-state index in [4.69, 9.17) is 0 Å². The summed E-state index contributed by atoms with van der Waals surface area (Å²) in [5.74, 6) is -0.614. The van der Waals surface area contributed by atoms with Crippen molar-refractivity contribution in [3.05, 3.63) is 53.0 Å². The first-order valence-electron chi connectivity index (χ1n) is 6.99. The fourth-order valence-electron chi connectivity index (χ4n) is 2.12. The molecule has 0 aliphatic rings. The largest absolute Gasteiger partial charge is 0.433 e. The predicted octanol–water partition coefficient (Wildman–Crippen LogP) is 4.30. The monoisotopic (exact) mass is 349 g/mol. The number of carbonyl (C=O) groups excluding carboxylic acids is 1. The molecule has 0 atom stereocenters. The van der Waals surface area contributed by atoms with Crippen LogP contribution in [0.25, 0.3) is 10.6 Å². The second kappa shape index (κ2) is 6.79. The summed E-state index contributed by atoms with van der Waals surface area (Å²) < 4.78 is 29.4. The van der Waals surface area contributed by atoms with E-state index < -0.39 is 12.5 Å². The van der Waals surface area contributed by atoms with Crippen LogP contribution in [-0.4, -0.2) is 22.7 Å². The molecule has 0 saturated carbocycles. The number of aromatic amines is 1. The number of nitrogens with one attached hydrogen (secondary N) is 2. The Hall–Kier alpha value is -2.74. The van der Waals surface area contributed by atoms with Crippen molar-refractivity contribution in [3.63, 3.8) is 0 Å². The SMILES string of the molecule is Cc1ccc(OC(F)F)c(NC(=O)c2cc(-c3cccs3)[nH]n2)c1. The highest BCUT2D eigenvalue weighted by Crippen LogP contribution is 2.28. The third-order valence-corrected chi connectivity index (χ3v) is 4.10. The van der Waals surface area contributed by atoms with Gasteiger partial charge in [0.15, 0.2) is 5.69 Å². The number of ether oxygens (including phenoxy) is 1. The van der Waals surface area contributed by atoms with Crippen LogP contribution in [0, 0.1) is 6.92 Å². The summed E-state index contributed by atoms with van der Waals surface area (Å²) in [5, 5.41) is 11.2. The van der Waals surface area contributed by atoms with Gasteiger partial charge in [-0.15, -0.1) is 11.3 Å². The second-order valence-corrected chi connectivity index (χ2v) is 5.92. The maximum Gasteiger partial charge on any atom is 0.387 e. The maximum atomic E-state index is 12.5. The van der Waals surface area contributed by atoms with E-state index in [0.29, 0.717) is 5.69 Å². The van der Waals surface area contributed by atoms with Gasteiger partial charge in [-0.05, 0) is 42.1 Å². The molecule has 1 amide bonds. The molecule has 0 aliphatic carbocycles. The number of rotatable bonds is 5. The highest BCUT2D eigenvalue weighted by Gasteiger charge is 2.16. The number of aryl methyl sites for hydroxylation is 1. The zero-order valence-corrected chi connectivity index (χ0v) is 13.4. The Morgan fingerprint density at radius 2 is 2.17 bits per heavy atom. The second-order valence-electron chi connectivity index (χ2n) is 4.98.